The molecule has 1 aromatic rings. The van der Waals surface area contributed by atoms with Gasteiger partial charge in [0.25, 0.3) is 0 Å². The Kier molecular flexibility index (Phi) is 3.76. The molecule has 19 heavy (non-hydrogen) atoms. The van der Waals surface area contributed by atoms with Gasteiger partial charge in [-0.2, -0.15) is 5.26 Å². The first-order valence-electron chi connectivity index (χ1n) is 6.97. The number of nitrogens with zero attached hydrogens (tertiary/aromatic N) is 2. The second-order valence-corrected chi connectivity index (χ2v) is 6.37. The fourth-order valence-electron chi connectivity index (χ4n) is 2.82. The first-order chi connectivity index (χ1) is 9.28. The maximum absolute atomic E-state index is 9.31. The smallest absolute Gasteiger partial charge is 0.101 e. The summed E-state index contributed by atoms with van der Waals surface area (Å²) in [5.41, 5.74) is 1.88. The minimum Gasteiger partial charge on any atom is -0.366 e. The van der Waals surface area contributed by atoms with Gasteiger partial charge in [0, 0.05) is 23.1 Å². The molecule has 1 atom stereocenters. The van der Waals surface area contributed by atoms with Crippen molar-refractivity contribution in [2.45, 2.75) is 37.8 Å². The van der Waals surface area contributed by atoms with Gasteiger partial charge in [-0.1, -0.05) is 15.9 Å². The van der Waals surface area contributed by atoms with Crippen LogP contribution in [0.15, 0.2) is 22.7 Å². The van der Waals surface area contributed by atoms with Crippen molar-refractivity contribution in [1.82, 2.24) is 5.32 Å². The molecule has 1 aliphatic heterocycles. The van der Waals surface area contributed by atoms with Crippen LogP contribution in [0.2, 0.25) is 0 Å². The molecule has 1 heterocycles. The highest BCUT2D eigenvalue weighted by atomic mass is 79.9. The molecule has 1 aromatic carbocycles. The Balaban J connectivity index is 1.86. The second kappa shape index (κ2) is 5.52. The van der Waals surface area contributed by atoms with E-state index in [4.69, 9.17) is 0 Å². The van der Waals surface area contributed by atoms with E-state index < -0.39 is 0 Å². The summed E-state index contributed by atoms with van der Waals surface area (Å²) in [6, 6.07) is 9.48. The molecule has 1 saturated heterocycles. The molecular weight excluding hydrogens is 302 g/mol. The minimum atomic E-state index is 0.575. The largest absolute Gasteiger partial charge is 0.366 e. The number of halogens is 1. The summed E-state index contributed by atoms with van der Waals surface area (Å²) in [4.78, 5) is 2.44. The Morgan fingerprint density at radius 1 is 1.37 bits per heavy atom. The third-order valence-electron chi connectivity index (χ3n) is 3.96. The summed E-state index contributed by atoms with van der Waals surface area (Å²) in [7, 11) is 0. The Hall–Kier alpha value is -1.05. The van der Waals surface area contributed by atoms with Crippen LogP contribution in [0.25, 0.3) is 0 Å². The Labute approximate surface area is 122 Å². The Morgan fingerprint density at radius 3 is 2.84 bits per heavy atom. The van der Waals surface area contributed by atoms with Crippen molar-refractivity contribution in [1.29, 1.82) is 5.26 Å². The van der Waals surface area contributed by atoms with Gasteiger partial charge in [0.2, 0.25) is 0 Å². The zero-order chi connectivity index (χ0) is 13.2. The number of nitrogens with one attached hydrogen (secondary N) is 1. The van der Waals surface area contributed by atoms with Gasteiger partial charge in [0.05, 0.1) is 11.3 Å². The molecular formula is C15H18BrN3. The molecule has 1 aliphatic carbocycles. The van der Waals surface area contributed by atoms with E-state index in [9.17, 15) is 5.26 Å². The van der Waals surface area contributed by atoms with Crippen molar-refractivity contribution < 1.29 is 0 Å². The SMILES string of the molecule is N#Cc1ccc(Br)cc1N(CC1CCCN1)C1CC1. The third kappa shape index (κ3) is 2.93. The number of anilines is 1. The van der Waals surface area contributed by atoms with Crippen molar-refractivity contribution >= 4 is 21.6 Å². The van der Waals surface area contributed by atoms with E-state index >= 15 is 0 Å². The van der Waals surface area contributed by atoms with E-state index in [0.29, 0.717) is 12.1 Å². The normalized spacial score (nSPS) is 22.2. The van der Waals surface area contributed by atoms with Crippen LogP contribution in [0, 0.1) is 11.3 Å². The average molecular weight is 320 g/mol. The molecule has 3 nitrogen and oxygen atoms in total. The van der Waals surface area contributed by atoms with Gasteiger partial charge in [-0.05, 0) is 50.4 Å². The predicted octanol–water partition coefficient (Wildman–Crippen LogP) is 3.04. The summed E-state index contributed by atoms with van der Waals surface area (Å²) in [6.07, 6.45) is 5.03. The maximum atomic E-state index is 9.31. The van der Waals surface area contributed by atoms with E-state index in [1.54, 1.807) is 0 Å². The van der Waals surface area contributed by atoms with Gasteiger partial charge in [0.1, 0.15) is 6.07 Å². The number of hydrogen-bond acceptors (Lipinski definition) is 3. The van der Waals surface area contributed by atoms with Gasteiger partial charge in [-0.25, -0.2) is 0 Å². The molecule has 0 spiro atoms. The molecule has 3 rings (SSSR count). The van der Waals surface area contributed by atoms with Gasteiger partial charge >= 0.3 is 0 Å². The Bertz CT molecular complexity index is 499. The monoisotopic (exact) mass is 319 g/mol. The summed E-state index contributed by atoms with van der Waals surface area (Å²) in [6.45, 7) is 2.16. The molecule has 2 aliphatic rings. The lowest BCUT2D eigenvalue weighted by Gasteiger charge is -2.29. The van der Waals surface area contributed by atoms with Crippen LogP contribution in [-0.2, 0) is 0 Å². The van der Waals surface area contributed by atoms with Gasteiger partial charge in [-0.15, -0.1) is 0 Å². The molecule has 0 amide bonds. The second-order valence-electron chi connectivity index (χ2n) is 5.45. The van der Waals surface area contributed by atoms with E-state index in [1.807, 2.05) is 12.1 Å². The molecule has 4 heteroatoms. The highest BCUT2D eigenvalue weighted by molar-refractivity contribution is 9.10. The maximum Gasteiger partial charge on any atom is 0.101 e. The fourth-order valence-corrected chi connectivity index (χ4v) is 3.17. The first-order valence-corrected chi connectivity index (χ1v) is 7.77. The number of hydrogen-bond donors (Lipinski definition) is 1. The van der Waals surface area contributed by atoms with Crippen molar-refractivity contribution in [3.63, 3.8) is 0 Å². The Morgan fingerprint density at radius 2 is 2.21 bits per heavy atom. The van der Waals surface area contributed by atoms with E-state index in [0.717, 1.165) is 28.8 Å². The molecule has 0 radical (unpaired) electrons. The zero-order valence-corrected chi connectivity index (χ0v) is 12.5. The summed E-state index contributed by atoms with van der Waals surface area (Å²) < 4.78 is 1.05. The molecule has 2 fully saturated rings. The first kappa shape index (κ1) is 13.0. The lowest BCUT2D eigenvalue weighted by atomic mass is 10.1. The summed E-state index contributed by atoms with van der Waals surface area (Å²) >= 11 is 3.52. The molecule has 1 unspecified atom stereocenters. The lowest BCUT2D eigenvalue weighted by Crippen LogP contribution is -2.39. The van der Waals surface area contributed by atoms with Crippen LogP contribution in [0.4, 0.5) is 5.69 Å². The number of benzene rings is 1. The topological polar surface area (TPSA) is 39.1 Å². The third-order valence-corrected chi connectivity index (χ3v) is 4.45. The zero-order valence-electron chi connectivity index (χ0n) is 10.9. The summed E-state index contributed by atoms with van der Waals surface area (Å²) in [5, 5.41) is 12.9. The molecule has 100 valence electrons. The van der Waals surface area contributed by atoms with E-state index in [2.05, 4.69) is 38.3 Å². The molecule has 1 N–H and O–H groups in total. The van der Waals surface area contributed by atoms with Crippen LogP contribution in [-0.4, -0.2) is 25.2 Å². The summed E-state index contributed by atoms with van der Waals surface area (Å²) in [5.74, 6) is 0. The predicted molar refractivity (Wildman–Crippen MR) is 80.2 cm³/mol. The number of rotatable bonds is 4. The highest BCUT2D eigenvalue weighted by Crippen LogP contribution is 2.35. The van der Waals surface area contributed by atoms with Gasteiger partial charge < -0.3 is 10.2 Å². The van der Waals surface area contributed by atoms with E-state index in [1.165, 1.54) is 25.7 Å². The minimum absolute atomic E-state index is 0.575. The average Bonchev–Trinajstić information content (AvgIpc) is 3.13. The van der Waals surface area contributed by atoms with E-state index in [-0.39, 0.29) is 0 Å². The standard InChI is InChI=1S/C15H18BrN3/c16-12-4-3-11(9-17)15(8-12)19(14-5-6-14)10-13-2-1-7-18-13/h3-4,8,13-14,18H,1-2,5-7,10H2. The van der Waals surface area contributed by atoms with Crippen LogP contribution >= 0.6 is 15.9 Å². The number of nitriles is 1. The van der Waals surface area contributed by atoms with Crippen molar-refractivity contribution in [3.05, 3.63) is 28.2 Å². The fraction of sp³-hybridized carbons (Fsp3) is 0.533. The van der Waals surface area contributed by atoms with Crippen molar-refractivity contribution in [3.8, 4) is 6.07 Å². The molecule has 0 aromatic heterocycles. The van der Waals surface area contributed by atoms with Crippen LogP contribution < -0.4 is 10.2 Å². The van der Waals surface area contributed by atoms with Crippen molar-refractivity contribution in [2.24, 2.45) is 0 Å². The van der Waals surface area contributed by atoms with Gasteiger partial charge in [0.15, 0.2) is 0 Å². The van der Waals surface area contributed by atoms with Crippen LogP contribution in [0.5, 0.6) is 0 Å². The molecule has 0 bridgehead atoms. The van der Waals surface area contributed by atoms with Crippen LogP contribution in [0.1, 0.15) is 31.2 Å². The lowest BCUT2D eigenvalue weighted by molar-refractivity contribution is 0.578. The molecule has 1 saturated carbocycles. The van der Waals surface area contributed by atoms with Crippen molar-refractivity contribution in [2.75, 3.05) is 18.0 Å². The highest BCUT2D eigenvalue weighted by Gasteiger charge is 2.32. The van der Waals surface area contributed by atoms with Crippen LogP contribution in [0.3, 0.4) is 0 Å². The quantitative estimate of drug-likeness (QED) is 0.927. The van der Waals surface area contributed by atoms with Gasteiger partial charge in [-0.3, -0.25) is 0 Å².